The van der Waals surface area contributed by atoms with Crippen molar-refractivity contribution in [2.24, 2.45) is 5.92 Å². The summed E-state index contributed by atoms with van der Waals surface area (Å²) >= 11 is 0. The number of alkyl carbamates (subject to hydrolysis) is 1. The van der Waals surface area contributed by atoms with Crippen molar-refractivity contribution in [2.45, 2.75) is 6.42 Å². The molecule has 1 saturated heterocycles. The van der Waals surface area contributed by atoms with E-state index in [4.69, 9.17) is 9.15 Å². The van der Waals surface area contributed by atoms with E-state index in [0.29, 0.717) is 25.3 Å². The van der Waals surface area contributed by atoms with Crippen LogP contribution >= 0.6 is 0 Å². The molecule has 1 aliphatic rings. The van der Waals surface area contributed by atoms with Gasteiger partial charge in [0.05, 0.1) is 13.7 Å². The summed E-state index contributed by atoms with van der Waals surface area (Å²) in [6.45, 7) is 0.910. The summed E-state index contributed by atoms with van der Waals surface area (Å²) in [4.78, 5) is 21.9. The average molecular weight is 239 g/mol. The number of hydrogen-bond donors (Lipinski definition) is 1. The van der Waals surface area contributed by atoms with Crippen molar-refractivity contribution in [2.75, 3.05) is 20.3 Å². The highest BCUT2D eigenvalue weighted by molar-refractivity contribution is 5.86. The molecule has 1 amide bonds. The number of carbonyl (C=O) groups is 2. The number of methoxy groups -OCH3 is 1. The quantitative estimate of drug-likeness (QED) is 0.795. The number of esters is 1. The standard InChI is InChI=1S/C11H13NO5/c1-15-10(13)9-3-2-8(17-9)4-7-5-12-11(14)16-6-7/h2-3,7H,4-6H2,1H3,(H,12,14)/t7-/m1/s1. The van der Waals surface area contributed by atoms with Crippen molar-refractivity contribution in [3.63, 3.8) is 0 Å². The van der Waals surface area contributed by atoms with Gasteiger partial charge in [0, 0.05) is 18.9 Å². The zero-order valence-corrected chi connectivity index (χ0v) is 9.39. The molecule has 0 spiro atoms. The molecule has 1 aromatic heterocycles. The highest BCUT2D eigenvalue weighted by atomic mass is 16.6. The van der Waals surface area contributed by atoms with Crippen LogP contribution in [0.25, 0.3) is 0 Å². The highest BCUT2D eigenvalue weighted by Gasteiger charge is 2.21. The maximum Gasteiger partial charge on any atom is 0.407 e. The van der Waals surface area contributed by atoms with Gasteiger partial charge >= 0.3 is 12.1 Å². The SMILES string of the molecule is COC(=O)c1ccc(C[C@@H]2CNC(=O)OC2)o1. The molecule has 2 heterocycles. The van der Waals surface area contributed by atoms with E-state index in [-0.39, 0.29) is 11.7 Å². The van der Waals surface area contributed by atoms with Crippen LogP contribution < -0.4 is 5.32 Å². The molecule has 0 aliphatic carbocycles. The van der Waals surface area contributed by atoms with E-state index in [2.05, 4.69) is 10.1 Å². The van der Waals surface area contributed by atoms with Crippen LogP contribution in [0.4, 0.5) is 4.79 Å². The van der Waals surface area contributed by atoms with Gasteiger partial charge in [0.25, 0.3) is 0 Å². The van der Waals surface area contributed by atoms with Crippen LogP contribution in [0.1, 0.15) is 16.3 Å². The van der Waals surface area contributed by atoms with E-state index in [1.165, 1.54) is 7.11 Å². The van der Waals surface area contributed by atoms with Crippen molar-refractivity contribution >= 4 is 12.1 Å². The molecule has 0 bridgehead atoms. The molecule has 1 fully saturated rings. The van der Waals surface area contributed by atoms with Crippen LogP contribution in [0.15, 0.2) is 16.5 Å². The summed E-state index contributed by atoms with van der Waals surface area (Å²) in [5, 5.41) is 2.60. The molecule has 92 valence electrons. The first-order chi connectivity index (χ1) is 8.19. The number of hydrogen-bond acceptors (Lipinski definition) is 5. The third-order valence-corrected chi connectivity index (χ3v) is 2.52. The fourth-order valence-corrected chi connectivity index (χ4v) is 1.64. The van der Waals surface area contributed by atoms with E-state index < -0.39 is 12.1 Å². The van der Waals surface area contributed by atoms with E-state index in [1.807, 2.05) is 0 Å². The molecule has 6 nitrogen and oxygen atoms in total. The highest BCUT2D eigenvalue weighted by Crippen LogP contribution is 2.15. The lowest BCUT2D eigenvalue weighted by atomic mass is 10.0. The molecule has 6 heteroatoms. The lowest BCUT2D eigenvalue weighted by Crippen LogP contribution is -2.39. The van der Waals surface area contributed by atoms with Crippen molar-refractivity contribution in [3.8, 4) is 0 Å². The van der Waals surface area contributed by atoms with Gasteiger partial charge in [0.2, 0.25) is 5.76 Å². The third-order valence-electron chi connectivity index (χ3n) is 2.52. The molecular formula is C11H13NO5. The van der Waals surface area contributed by atoms with Gasteiger partial charge in [-0.3, -0.25) is 0 Å². The van der Waals surface area contributed by atoms with Crippen LogP contribution in [-0.4, -0.2) is 32.3 Å². The molecule has 1 aromatic rings. The molecule has 0 aromatic carbocycles. The maximum atomic E-state index is 11.2. The van der Waals surface area contributed by atoms with Gasteiger partial charge in [-0.25, -0.2) is 9.59 Å². The number of rotatable bonds is 3. The molecular weight excluding hydrogens is 226 g/mol. The molecule has 1 aliphatic heterocycles. The largest absolute Gasteiger partial charge is 0.463 e. The normalized spacial score (nSPS) is 19.4. The smallest absolute Gasteiger partial charge is 0.407 e. The molecule has 1 atom stereocenters. The zero-order valence-electron chi connectivity index (χ0n) is 9.39. The molecule has 2 rings (SSSR count). The van der Waals surface area contributed by atoms with E-state index in [0.717, 1.165) is 0 Å². The minimum absolute atomic E-state index is 0.157. The first-order valence-electron chi connectivity index (χ1n) is 5.26. The topological polar surface area (TPSA) is 77.8 Å². The second-order valence-electron chi connectivity index (χ2n) is 3.81. The third kappa shape index (κ3) is 2.77. The summed E-state index contributed by atoms with van der Waals surface area (Å²) in [5.41, 5.74) is 0. The summed E-state index contributed by atoms with van der Waals surface area (Å²) in [7, 11) is 1.30. The minimum atomic E-state index is -0.496. The van der Waals surface area contributed by atoms with Gasteiger partial charge in [0.1, 0.15) is 5.76 Å². The van der Waals surface area contributed by atoms with Crippen molar-refractivity contribution < 1.29 is 23.5 Å². The Morgan fingerprint density at radius 1 is 1.59 bits per heavy atom. The van der Waals surface area contributed by atoms with Crippen LogP contribution in [0.5, 0.6) is 0 Å². The van der Waals surface area contributed by atoms with Gasteiger partial charge in [-0.05, 0) is 12.1 Å². The summed E-state index contributed by atoms with van der Waals surface area (Å²) < 4.78 is 14.7. The summed E-state index contributed by atoms with van der Waals surface area (Å²) in [5.74, 6) is 0.521. The summed E-state index contributed by atoms with van der Waals surface area (Å²) in [6.07, 6.45) is 0.216. The Balaban J connectivity index is 1.93. The van der Waals surface area contributed by atoms with Gasteiger partial charge < -0.3 is 19.2 Å². The van der Waals surface area contributed by atoms with E-state index >= 15 is 0 Å². The van der Waals surface area contributed by atoms with Crippen LogP contribution in [-0.2, 0) is 15.9 Å². The molecule has 1 N–H and O–H groups in total. The fraction of sp³-hybridized carbons (Fsp3) is 0.455. The molecule has 17 heavy (non-hydrogen) atoms. The van der Waals surface area contributed by atoms with Gasteiger partial charge in [0.15, 0.2) is 0 Å². The van der Waals surface area contributed by atoms with E-state index in [1.54, 1.807) is 12.1 Å². The zero-order chi connectivity index (χ0) is 12.3. The van der Waals surface area contributed by atoms with Crippen molar-refractivity contribution in [1.29, 1.82) is 0 Å². The molecule has 0 saturated carbocycles. The lowest BCUT2D eigenvalue weighted by Gasteiger charge is -2.21. The Morgan fingerprint density at radius 2 is 2.41 bits per heavy atom. The Hall–Kier alpha value is -1.98. The van der Waals surface area contributed by atoms with E-state index in [9.17, 15) is 9.59 Å². The minimum Gasteiger partial charge on any atom is -0.463 e. The number of nitrogens with one attached hydrogen (secondary N) is 1. The maximum absolute atomic E-state index is 11.2. The number of amides is 1. The summed E-state index contributed by atoms with van der Waals surface area (Å²) in [6, 6.07) is 3.30. The Morgan fingerprint density at radius 3 is 3.06 bits per heavy atom. The first-order valence-corrected chi connectivity index (χ1v) is 5.26. The number of furan rings is 1. The number of cyclic esters (lactones) is 1. The van der Waals surface area contributed by atoms with Gasteiger partial charge in [-0.2, -0.15) is 0 Å². The van der Waals surface area contributed by atoms with Crippen LogP contribution in [0.3, 0.4) is 0 Å². The predicted octanol–water partition coefficient (Wildman–Crippen LogP) is 0.965. The van der Waals surface area contributed by atoms with Crippen LogP contribution in [0.2, 0.25) is 0 Å². The Kier molecular flexibility index (Phi) is 3.32. The molecule has 0 radical (unpaired) electrons. The number of ether oxygens (including phenoxy) is 2. The Labute approximate surface area is 97.9 Å². The Bertz CT molecular complexity index is 415. The van der Waals surface area contributed by atoms with Gasteiger partial charge in [-0.15, -0.1) is 0 Å². The monoisotopic (exact) mass is 239 g/mol. The first kappa shape index (κ1) is 11.5. The second-order valence-corrected chi connectivity index (χ2v) is 3.81. The number of carbonyl (C=O) groups excluding carboxylic acids is 2. The predicted molar refractivity (Wildman–Crippen MR) is 56.6 cm³/mol. The lowest BCUT2D eigenvalue weighted by molar-refractivity contribution is 0.0562. The fourth-order valence-electron chi connectivity index (χ4n) is 1.64. The second kappa shape index (κ2) is 4.90. The van der Waals surface area contributed by atoms with Crippen molar-refractivity contribution in [1.82, 2.24) is 5.32 Å². The van der Waals surface area contributed by atoms with Crippen LogP contribution in [0, 0.1) is 5.92 Å². The molecule has 0 unspecified atom stereocenters. The average Bonchev–Trinajstić information content (AvgIpc) is 2.80. The van der Waals surface area contributed by atoms with Gasteiger partial charge in [-0.1, -0.05) is 0 Å². The van der Waals surface area contributed by atoms with Crippen molar-refractivity contribution in [3.05, 3.63) is 23.7 Å².